The first kappa shape index (κ1) is 17.9. The molecule has 0 unspecified atom stereocenters. The van der Waals surface area contributed by atoms with Gasteiger partial charge in [-0.3, -0.25) is 9.78 Å². The standard InChI is InChI=1S/C18H15Cl2N3OS/c19-14-5-4-13(16(20)9-14)8-15-11-22-18(25-15)23-17(24)6-3-12-2-1-7-21-10-12/h1-2,4-5,7,9-11H,3,6,8H2,(H,22,23,24). The number of anilines is 1. The summed E-state index contributed by atoms with van der Waals surface area (Å²) in [5.41, 5.74) is 2.01. The number of amides is 1. The topological polar surface area (TPSA) is 54.9 Å². The number of halogens is 2. The summed E-state index contributed by atoms with van der Waals surface area (Å²) in [4.78, 5) is 21.4. The molecule has 2 aromatic heterocycles. The molecule has 1 aromatic carbocycles. The average molecular weight is 392 g/mol. The molecule has 1 amide bonds. The molecule has 0 saturated heterocycles. The van der Waals surface area contributed by atoms with Gasteiger partial charge in [0.25, 0.3) is 0 Å². The second-order valence-electron chi connectivity index (χ2n) is 5.45. The van der Waals surface area contributed by atoms with Crippen LogP contribution in [0.2, 0.25) is 10.0 Å². The molecule has 4 nitrogen and oxygen atoms in total. The third-order valence-corrected chi connectivity index (χ3v) is 5.04. The number of hydrogen-bond acceptors (Lipinski definition) is 4. The molecule has 128 valence electrons. The molecule has 3 rings (SSSR count). The largest absolute Gasteiger partial charge is 0.302 e. The van der Waals surface area contributed by atoms with Gasteiger partial charge in [-0.1, -0.05) is 35.3 Å². The van der Waals surface area contributed by atoms with Crippen molar-refractivity contribution >= 4 is 45.6 Å². The van der Waals surface area contributed by atoms with Gasteiger partial charge >= 0.3 is 0 Å². The van der Waals surface area contributed by atoms with Crippen LogP contribution >= 0.6 is 34.5 Å². The van der Waals surface area contributed by atoms with E-state index in [2.05, 4.69) is 15.3 Å². The number of nitrogens with one attached hydrogen (secondary N) is 1. The van der Waals surface area contributed by atoms with Crippen LogP contribution < -0.4 is 5.32 Å². The highest BCUT2D eigenvalue weighted by molar-refractivity contribution is 7.15. The number of benzene rings is 1. The molecule has 0 fully saturated rings. The SMILES string of the molecule is O=C(CCc1cccnc1)Nc1ncc(Cc2ccc(Cl)cc2Cl)s1. The number of pyridine rings is 1. The number of nitrogens with zero attached hydrogens (tertiary/aromatic N) is 2. The fourth-order valence-corrected chi connectivity index (χ4v) is 3.61. The first-order valence-corrected chi connectivity index (χ1v) is 9.25. The molecular weight excluding hydrogens is 377 g/mol. The molecule has 0 bridgehead atoms. The van der Waals surface area contributed by atoms with Crippen LogP contribution in [-0.2, 0) is 17.6 Å². The first-order chi connectivity index (χ1) is 12.1. The molecule has 0 radical (unpaired) electrons. The molecule has 1 N–H and O–H groups in total. The molecule has 0 saturated carbocycles. The van der Waals surface area contributed by atoms with Gasteiger partial charge in [0.05, 0.1) is 0 Å². The molecule has 25 heavy (non-hydrogen) atoms. The Morgan fingerprint density at radius 2 is 2.08 bits per heavy atom. The quantitative estimate of drug-likeness (QED) is 0.642. The van der Waals surface area contributed by atoms with Gasteiger partial charge in [-0.2, -0.15) is 0 Å². The number of hydrogen-bond donors (Lipinski definition) is 1. The van der Waals surface area contributed by atoms with Crippen LogP contribution in [0.15, 0.2) is 48.9 Å². The molecule has 0 spiro atoms. The number of rotatable bonds is 6. The van der Waals surface area contributed by atoms with E-state index in [4.69, 9.17) is 23.2 Å². The predicted octanol–water partition coefficient (Wildman–Crippen LogP) is 5.01. The van der Waals surface area contributed by atoms with Gasteiger partial charge in [0.2, 0.25) is 5.91 Å². The Hall–Kier alpha value is -1.95. The fourth-order valence-electron chi connectivity index (χ4n) is 2.29. The monoisotopic (exact) mass is 391 g/mol. The molecule has 3 aromatic rings. The van der Waals surface area contributed by atoms with Crippen molar-refractivity contribution in [2.45, 2.75) is 19.3 Å². The smallest absolute Gasteiger partial charge is 0.226 e. The fraction of sp³-hybridized carbons (Fsp3) is 0.167. The zero-order valence-electron chi connectivity index (χ0n) is 13.2. The third-order valence-electron chi connectivity index (χ3n) is 3.54. The van der Waals surface area contributed by atoms with E-state index in [9.17, 15) is 4.79 Å². The zero-order valence-corrected chi connectivity index (χ0v) is 15.5. The highest BCUT2D eigenvalue weighted by Crippen LogP contribution is 2.27. The van der Waals surface area contributed by atoms with Gasteiger partial charge in [0.15, 0.2) is 5.13 Å². The minimum atomic E-state index is -0.0609. The Bertz CT molecular complexity index is 868. The number of carbonyl (C=O) groups is 1. The lowest BCUT2D eigenvalue weighted by Crippen LogP contribution is -2.12. The van der Waals surface area contributed by atoms with E-state index in [1.165, 1.54) is 11.3 Å². The number of aryl methyl sites for hydroxylation is 1. The Kier molecular flexibility index (Phi) is 6.02. The van der Waals surface area contributed by atoms with Crippen molar-refractivity contribution in [1.29, 1.82) is 0 Å². The summed E-state index contributed by atoms with van der Waals surface area (Å²) in [5, 5.41) is 4.67. The second-order valence-corrected chi connectivity index (χ2v) is 7.41. The first-order valence-electron chi connectivity index (χ1n) is 7.67. The van der Waals surface area contributed by atoms with Crippen molar-refractivity contribution in [3.63, 3.8) is 0 Å². The van der Waals surface area contributed by atoms with E-state index in [1.807, 2.05) is 24.3 Å². The van der Waals surface area contributed by atoms with Crippen molar-refractivity contribution in [3.8, 4) is 0 Å². The lowest BCUT2D eigenvalue weighted by Gasteiger charge is -2.03. The highest BCUT2D eigenvalue weighted by Gasteiger charge is 2.09. The number of aromatic nitrogens is 2. The normalized spacial score (nSPS) is 10.6. The van der Waals surface area contributed by atoms with Crippen molar-refractivity contribution in [1.82, 2.24) is 9.97 Å². The predicted molar refractivity (Wildman–Crippen MR) is 103 cm³/mol. The van der Waals surface area contributed by atoms with Crippen molar-refractivity contribution in [3.05, 3.63) is 75.0 Å². The Labute approximate surface area is 159 Å². The molecule has 0 aliphatic heterocycles. The van der Waals surface area contributed by atoms with E-state index in [-0.39, 0.29) is 5.91 Å². The lowest BCUT2D eigenvalue weighted by atomic mass is 10.1. The minimum Gasteiger partial charge on any atom is -0.302 e. The van der Waals surface area contributed by atoms with Crippen molar-refractivity contribution in [2.24, 2.45) is 0 Å². The van der Waals surface area contributed by atoms with Crippen LogP contribution in [0.5, 0.6) is 0 Å². The van der Waals surface area contributed by atoms with E-state index >= 15 is 0 Å². The van der Waals surface area contributed by atoms with E-state index in [0.717, 1.165) is 16.0 Å². The summed E-state index contributed by atoms with van der Waals surface area (Å²) in [7, 11) is 0. The summed E-state index contributed by atoms with van der Waals surface area (Å²) in [5.74, 6) is -0.0609. The Morgan fingerprint density at radius 3 is 2.84 bits per heavy atom. The molecular formula is C18H15Cl2N3OS. The summed E-state index contributed by atoms with van der Waals surface area (Å²) in [6, 6.07) is 9.25. The third kappa shape index (κ3) is 5.26. The van der Waals surface area contributed by atoms with Gasteiger partial charge in [0.1, 0.15) is 0 Å². The van der Waals surface area contributed by atoms with Crippen LogP contribution in [0.3, 0.4) is 0 Å². The van der Waals surface area contributed by atoms with Gasteiger partial charge in [-0.05, 0) is 35.7 Å². The minimum absolute atomic E-state index is 0.0609. The number of carbonyl (C=O) groups excluding carboxylic acids is 1. The zero-order chi connectivity index (χ0) is 17.6. The van der Waals surface area contributed by atoms with Crippen LogP contribution in [0.1, 0.15) is 22.4 Å². The van der Waals surface area contributed by atoms with Crippen LogP contribution in [0, 0.1) is 0 Å². The molecule has 2 heterocycles. The molecule has 0 aliphatic carbocycles. The molecule has 7 heteroatoms. The Balaban J connectivity index is 1.55. The van der Waals surface area contributed by atoms with Crippen molar-refractivity contribution < 1.29 is 4.79 Å². The maximum atomic E-state index is 12.0. The van der Waals surface area contributed by atoms with Crippen molar-refractivity contribution in [2.75, 3.05) is 5.32 Å². The summed E-state index contributed by atoms with van der Waals surface area (Å²) in [6.45, 7) is 0. The van der Waals surface area contributed by atoms with Gasteiger partial charge in [0, 0.05) is 46.4 Å². The summed E-state index contributed by atoms with van der Waals surface area (Å²) >= 11 is 13.5. The van der Waals surface area contributed by atoms with Gasteiger partial charge < -0.3 is 5.32 Å². The van der Waals surface area contributed by atoms with Crippen LogP contribution in [0.4, 0.5) is 5.13 Å². The lowest BCUT2D eigenvalue weighted by molar-refractivity contribution is -0.116. The maximum Gasteiger partial charge on any atom is 0.226 e. The summed E-state index contributed by atoms with van der Waals surface area (Å²) in [6.07, 6.45) is 6.94. The Morgan fingerprint density at radius 1 is 1.20 bits per heavy atom. The molecule has 0 atom stereocenters. The van der Waals surface area contributed by atoms with E-state index in [0.29, 0.717) is 34.4 Å². The highest BCUT2D eigenvalue weighted by atomic mass is 35.5. The van der Waals surface area contributed by atoms with Gasteiger partial charge in [-0.15, -0.1) is 11.3 Å². The van der Waals surface area contributed by atoms with Crippen LogP contribution in [0.25, 0.3) is 0 Å². The number of thiazole rings is 1. The van der Waals surface area contributed by atoms with Gasteiger partial charge in [-0.25, -0.2) is 4.98 Å². The maximum absolute atomic E-state index is 12.0. The molecule has 0 aliphatic rings. The van der Waals surface area contributed by atoms with E-state index < -0.39 is 0 Å². The summed E-state index contributed by atoms with van der Waals surface area (Å²) < 4.78 is 0. The average Bonchev–Trinajstić information content (AvgIpc) is 3.03. The van der Waals surface area contributed by atoms with Crippen LogP contribution in [-0.4, -0.2) is 15.9 Å². The van der Waals surface area contributed by atoms with E-state index in [1.54, 1.807) is 24.7 Å². The second kappa shape index (κ2) is 8.43.